The first-order valence-corrected chi connectivity index (χ1v) is 9.47. The molecule has 0 amide bonds. The lowest BCUT2D eigenvalue weighted by molar-refractivity contribution is -0.141. The number of rotatable bonds is 7. The lowest BCUT2D eigenvalue weighted by Crippen LogP contribution is -2.28. The van der Waals surface area contributed by atoms with Gasteiger partial charge in [0.05, 0.1) is 18.6 Å². The van der Waals surface area contributed by atoms with Gasteiger partial charge in [-0.25, -0.2) is 13.1 Å². The van der Waals surface area contributed by atoms with E-state index in [1.165, 1.54) is 36.1 Å². The Morgan fingerprint density at radius 1 is 1.27 bits per heavy atom. The second-order valence-corrected chi connectivity index (χ2v) is 7.79. The van der Waals surface area contributed by atoms with E-state index in [1.54, 1.807) is 0 Å². The molecule has 0 atom stereocenters. The summed E-state index contributed by atoms with van der Waals surface area (Å²) in [5.74, 6) is 0.589. The van der Waals surface area contributed by atoms with Gasteiger partial charge in [0, 0.05) is 18.2 Å². The summed E-state index contributed by atoms with van der Waals surface area (Å²) in [5, 5.41) is 3.60. The SMILES string of the molecule is COc1ccc(S(=O)(=O)NCCn2nc(C(F)(F)F)cc2C2CC2)cc1. The fraction of sp³-hybridized carbons (Fsp3) is 0.438. The standard InChI is InChI=1S/C16H18F3N3O3S/c1-25-12-4-6-13(7-5-12)26(23,24)20-8-9-22-14(11-2-3-11)10-15(21-22)16(17,18)19/h4-7,10-11,20H,2-3,8-9H2,1H3. The van der Waals surface area contributed by atoms with Crippen molar-refractivity contribution in [2.75, 3.05) is 13.7 Å². The zero-order valence-electron chi connectivity index (χ0n) is 14.0. The van der Waals surface area contributed by atoms with Crippen LogP contribution in [-0.4, -0.2) is 31.9 Å². The number of nitrogens with zero attached hydrogens (tertiary/aromatic N) is 2. The van der Waals surface area contributed by atoms with Crippen LogP contribution in [0, 0.1) is 0 Å². The Morgan fingerprint density at radius 3 is 2.46 bits per heavy atom. The zero-order valence-corrected chi connectivity index (χ0v) is 14.8. The van der Waals surface area contributed by atoms with Crippen molar-refractivity contribution in [3.8, 4) is 5.75 Å². The largest absolute Gasteiger partial charge is 0.497 e. The van der Waals surface area contributed by atoms with Crippen LogP contribution in [0.1, 0.15) is 30.1 Å². The Kier molecular flexibility index (Phi) is 4.98. The van der Waals surface area contributed by atoms with Gasteiger partial charge in [-0.05, 0) is 43.2 Å². The van der Waals surface area contributed by atoms with Crippen molar-refractivity contribution in [2.45, 2.75) is 36.4 Å². The van der Waals surface area contributed by atoms with Crippen molar-refractivity contribution < 1.29 is 26.3 Å². The highest BCUT2D eigenvalue weighted by Gasteiger charge is 2.37. The van der Waals surface area contributed by atoms with E-state index in [2.05, 4.69) is 9.82 Å². The molecule has 0 bridgehead atoms. The maximum absolute atomic E-state index is 12.9. The van der Waals surface area contributed by atoms with Gasteiger partial charge in [-0.15, -0.1) is 0 Å². The molecule has 0 unspecified atom stereocenters. The Bertz CT molecular complexity index is 872. The Hall–Kier alpha value is -2.07. The number of halogens is 3. The normalized spacial score (nSPS) is 15.2. The van der Waals surface area contributed by atoms with Crippen LogP contribution >= 0.6 is 0 Å². The molecule has 0 aliphatic heterocycles. The minimum atomic E-state index is -4.52. The highest BCUT2D eigenvalue weighted by molar-refractivity contribution is 7.89. The number of hydrogen-bond acceptors (Lipinski definition) is 4. The Labute approximate surface area is 149 Å². The predicted molar refractivity (Wildman–Crippen MR) is 87.4 cm³/mol. The average molecular weight is 389 g/mol. The van der Waals surface area contributed by atoms with Crippen LogP contribution < -0.4 is 9.46 Å². The molecule has 1 heterocycles. The first-order chi connectivity index (χ1) is 12.2. The van der Waals surface area contributed by atoms with Crippen LogP contribution in [0.15, 0.2) is 35.2 Å². The number of sulfonamides is 1. The molecule has 26 heavy (non-hydrogen) atoms. The van der Waals surface area contributed by atoms with Crippen molar-refractivity contribution in [3.63, 3.8) is 0 Å². The molecule has 0 saturated heterocycles. The third kappa shape index (κ3) is 4.18. The molecule has 1 aliphatic carbocycles. The third-order valence-corrected chi connectivity index (χ3v) is 5.56. The molecule has 1 N–H and O–H groups in total. The van der Waals surface area contributed by atoms with Gasteiger partial charge in [-0.2, -0.15) is 18.3 Å². The average Bonchev–Trinajstić information content (AvgIpc) is 3.33. The monoisotopic (exact) mass is 389 g/mol. The number of hydrogen-bond donors (Lipinski definition) is 1. The summed E-state index contributed by atoms with van der Waals surface area (Å²) in [6.07, 6.45) is -2.88. The van der Waals surface area contributed by atoms with Gasteiger partial charge in [0.2, 0.25) is 10.0 Å². The van der Waals surface area contributed by atoms with E-state index in [0.717, 1.165) is 18.9 Å². The smallest absolute Gasteiger partial charge is 0.435 e. The zero-order chi connectivity index (χ0) is 18.9. The summed E-state index contributed by atoms with van der Waals surface area (Å²) in [6.45, 7) is -0.0373. The molecule has 142 valence electrons. The van der Waals surface area contributed by atoms with Gasteiger partial charge in [-0.3, -0.25) is 4.68 Å². The van der Waals surface area contributed by atoms with Crippen LogP contribution in [0.5, 0.6) is 5.75 Å². The molecule has 2 aromatic rings. The van der Waals surface area contributed by atoms with Crippen molar-refractivity contribution in [2.24, 2.45) is 0 Å². The van der Waals surface area contributed by atoms with E-state index in [-0.39, 0.29) is 23.9 Å². The lowest BCUT2D eigenvalue weighted by atomic mass is 10.2. The number of aromatic nitrogens is 2. The van der Waals surface area contributed by atoms with E-state index in [0.29, 0.717) is 11.4 Å². The summed E-state index contributed by atoms with van der Waals surface area (Å²) in [6, 6.07) is 6.88. The maximum Gasteiger partial charge on any atom is 0.435 e. The van der Waals surface area contributed by atoms with Crippen LogP contribution in [0.2, 0.25) is 0 Å². The summed E-state index contributed by atoms with van der Waals surface area (Å²) < 4.78 is 71.7. The topological polar surface area (TPSA) is 73.2 Å². The molecular weight excluding hydrogens is 371 g/mol. The molecule has 1 fully saturated rings. The van der Waals surface area contributed by atoms with Gasteiger partial charge in [0.15, 0.2) is 5.69 Å². The highest BCUT2D eigenvalue weighted by atomic mass is 32.2. The molecule has 6 nitrogen and oxygen atoms in total. The van der Waals surface area contributed by atoms with Crippen molar-refractivity contribution in [1.82, 2.24) is 14.5 Å². The van der Waals surface area contributed by atoms with E-state index in [4.69, 9.17) is 4.74 Å². The molecular formula is C16H18F3N3O3S. The van der Waals surface area contributed by atoms with Gasteiger partial charge < -0.3 is 4.74 Å². The Morgan fingerprint density at radius 2 is 1.92 bits per heavy atom. The van der Waals surface area contributed by atoms with E-state index < -0.39 is 21.9 Å². The number of methoxy groups -OCH3 is 1. The molecule has 1 aromatic carbocycles. The molecule has 0 radical (unpaired) electrons. The quantitative estimate of drug-likeness (QED) is 0.790. The van der Waals surface area contributed by atoms with Crippen molar-refractivity contribution >= 4 is 10.0 Å². The summed E-state index contributed by atoms with van der Waals surface area (Å²) in [4.78, 5) is 0.0529. The lowest BCUT2D eigenvalue weighted by Gasteiger charge is -2.09. The first-order valence-electron chi connectivity index (χ1n) is 7.99. The molecule has 10 heteroatoms. The second kappa shape index (κ2) is 6.92. The summed E-state index contributed by atoms with van der Waals surface area (Å²) >= 11 is 0. The highest BCUT2D eigenvalue weighted by Crippen LogP contribution is 2.42. The molecule has 1 aromatic heterocycles. The summed E-state index contributed by atoms with van der Waals surface area (Å²) in [5.41, 5.74) is -0.446. The third-order valence-electron chi connectivity index (χ3n) is 4.08. The van der Waals surface area contributed by atoms with Gasteiger partial charge >= 0.3 is 6.18 Å². The fourth-order valence-corrected chi connectivity index (χ4v) is 3.60. The molecule has 0 spiro atoms. The number of alkyl halides is 3. The minimum absolute atomic E-state index is 0.0251. The van der Waals surface area contributed by atoms with E-state index in [1.807, 2.05) is 0 Å². The fourth-order valence-electron chi connectivity index (χ4n) is 2.58. The molecule has 1 saturated carbocycles. The maximum atomic E-state index is 12.9. The first kappa shape index (κ1) is 18.7. The summed E-state index contributed by atoms with van der Waals surface area (Å²) in [7, 11) is -2.29. The van der Waals surface area contributed by atoms with Gasteiger partial charge in [0.25, 0.3) is 0 Å². The number of ether oxygens (including phenoxy) is 1. The van der Waals surface area contributed by atoms with Crippen LogP contribution in [0.4, 0.5) is 13.2 Å². The number of benzene rings is 1. The van der Waals surface area contributed by atoms with E-state index in [9.17, 15) is 21.6 Å². The van der Waals surface area contributed by atoms with Gasteiger partial charge in [-0.1, -0.05) is 0 Å². The molecule has 3 rings (SSSR count). The minimum Gasteiger partial charge on any atom is -0.497 e. The number of nitrogens with one attached hydrogen (secondary N) is 1. The second-order valence-electron chi connectivity index (χ2n) is 6.02. The predicted octanol–water partition coefficient (Wildman–Crippen LogP) is 2.77. The Balaban J connectivity index is 1.68. The van der Waals surface area contributed by atoms with Crippen LogP contribution in [0.3, 0.4) is 0 Å². The van der Waals surface area contributed by atoms with Crippen molar-refractivity contribution in [3.05, 3.63) is 41.7 Å². The van der Waals surface area contributed by atoms with Gasteiger partial charge in [0.1, 0.15) is 5.75 Å². The van der Waals surface area contributed by atoms with Crippen molar-refractivity contribution in [1.29, 1.82) is 0 Å². The van der Waals surface area contributed by atoms with Crippen LogP contribution in [0.25, 0.3) is 0 Å². The molecule has 1 aliphatic rings. The van der Waals surface area contributed by atoms with Crippen LogP contribution in [-0.2, 0) is 22.7 Å². The van der Waals surface area contributed by atoms with E-state index >= 15 is 0 Å².